The molecule has 3 aliphatic heterocycles. The van der Waals surface area contributed by atoms with Gasteiger partial charge in [0.2, 0.25) is 23.7 Å². The molecule has 4 amide bonds. The largest absolute Gasteiger partial charge is 0.379 e. The monoisotopic (exact) mass is 1010 g/mol. The van der Waals surface area contributed by atoms with Crippen LogP contribution in [0, 0.1) is 17.6 Å². The molecular formula is C53H52ClF2N11O6. The average molecular weight is 1010 g/mol. The molecule has 73 heavy (non-hydrogen) atoms. The summed E-state index contributed by atoms with van der Waals surface area (Å²) in [5.41, 5.74) is 6.55. The van der Waals surface area contributed by atoms with Crippen molar-refractivity contribution in [3.8, 4) is 22.5 Å². The lowest BCUT2D eigenvalue weighted by molar-refractivity contribution is -0.137. The number of halogens is 3. The van der Waals surface area contributed by atoms with E-state index in [4.69, 9.17) is 26.1 Å². The number of hydrogen-bond acceptors (Lipinski definition) is 13. The number of ether oxygens (including phenoxy) is 2. The van der Waals surface area contributed by atoms with E-state index in [0.717, 1.165) is 55.7 Å². The number of rotatable bonds is 18. The summed E-state index contributed by atoms with van der Waals surface area (Å²) in [4.78, 5) is 64.8. The molecule has 1 saturated carbocycles. The Morgan fingerprint density at radius 1 is 0.836 bits per heavy atom. The summed E-state index contributed by atoms with van der Waals surface area (Å²) in [7, 11) is 0. The van der Waals surface area contributed by atoms with Gasteiger partial charge in [0.15, 0.2) is 0 Å². The number of anilines is 3. The van der Waals surface area contributed by atoms with Gasteiger partial charge >= 0.3 is 0 Å². The molecule has 5 heterocycles. The number of carbonyl (C=O) groups excluding carboxylic acids is 4. The van der Waals surface area contributed by atoms with Crippen molar-refractivity contribution in [2.45, 2.75) is 70.1 Å². The zero-order valence-electron chi connectivity index (χ0n) is 39.7. The number of carbonyl (C=O) groups is 4. The molecule has 1 aliphatic carbocycles. The molecular weight excluding hydrogens is 960 g/mol. The first-order valence-electron chi connectivity index (χ1n) is 24.4. The molecule has 4 aromatic carbocycles. The Morgan fingerprint density at radius 2 is 1.60 bits per heavy atom. The van der Waals surface area contributed by atoms with Crippen LogP contribution < -0.4 is 21.3 Å². The van der Waals surface area contributed by atoms with E-state index in [-0.39, 0.29) is 74.0 Å². The molecule has 376 valence electrons. The molecule has 1 unspecified atom stereocenters. The molecule has 0 radical (unpaired) electrons. The highest BCUT2D eigenvalue weighted by molar-refractivity contribution is 6.31. The van der Waals surface area contributed by atoms with Crippen LogP contribution in [0.3, 0.4) is 0 Å². The smallest absolute Gasteiger partial charge is 0.255 e. The van der Waals surface area contributed by atoms with Crippen LogP contribution in [-0.2, 0) is 36.9 Å². The molecule has 17 nitrogen and oxygen atoms in total. The van der Waals surface area contributed by atoms with Crippen molar-refractivity contribution in [1.29, 1.82) is 0 Å². The Bertz CT molecular complexity index is 3070. The van der Waals surface area contributed by atoms with Crippen molar-refractivity contribution in [1.82, 2.24) is 40.5 Å². The van der Waals surface area contributed by atoms with E-state index in [2.05, 4.69) is 41.6 Å². The van der Waals surface area contributed by atoms with Crippen LogP contribution in [0.25, 0.3) is 22.5 Å². The van der Waals surface area contributed by atoms with Crippen LogP contribution in [0.2, 0.25) is 5.02 Å². The Balaban J connectivity index is 0.607. The zero-order chi connectivity index (χ0) is 50.4. The van der Waals surface area contributed by atoms with Crippen LogP contribution in [0.1, 0.15) is 83.6 Å². The van der Waals surface area contributed by atoms with Crippen LogP contribution in [0.15, 0.2) is 96.2 Å². The van der Waals surface area contributed by atoms with Crippen LogP contribution >= 0.6 is 11.6 Å². The minimum absolute atomic E-state index is 0.121. The number of fused-ring (bicyclic) bond motifs is 4. The van der Waals surface area contributed by atoms with Crippen LogP contribution in [0.5, 0.6) is 0 Å². The molecule has 1 atom stereocenters. The highest BCUT2D eigenvalue weighted by atomic mass is 35.5. The summed E-state index contributed by atoms with van der Waals surface area (Å²) in [5, 5.41) is 21.3. The molecule has 0 bridgehead atoms. The Labute approximate surface area is 424 Å². The van der Waals surface area contributed by atoms with E-state index in [1.54, 1.807) is 42.6 Å². The van der Waals surface area contributed by atoms with Crippen molar-refractivity contribution in [2.75, 3.05) is 50.2 Å². The van der Waals surface area contributed by atoms with Gasteiger partial charge in [-0.25, -0.2) is 23.4 Å². The fourth-order valence-electron chi connectivity index (χ4n) is 9.79. The minimum atomic E-state index is -0.717. The third-order valence-electron chi connectivity index (χ3n) is 13.6. The Kier molecular flexibility index (Phi) is 15.0. The molecule has 2 aromatic heterocycles. The molecule has 1 saturated heterocycles. The molecule has 20 heteroatoms. The van der Waals surface area contributed by atoms with Gasteiger partial charge in [-0.2, -0.15) is 0 Å². The second-order valence-electron chi connectivity index (χ2n) is 18.5. The van der Waals surface area contributed by atoms with Crippen molar-refractivity contribution >= 4 is 58.3 Å². The normalized spacial score (nSPS) is 18.3. The molecule has 4 N–H and O–H groups in total. The maximum Gasteiger partial charge on any atom is 0.255 e. The Morgan fingerprint density at radius 3 is 2.40 bits per heavy atom. The van der Waals surface area contributed by atoms with Crippen molar-refractivity contribution < 1.29 is 37.4 Å². The van der Waals surface area contributed by atoms with Crippen molar-refractivity contribution in [3.63, 3.8) is 0 Å². The quantitative estimate of drug-likeness (QED) is 0.0486. The number of piperidine rings is 1. The lowest BCUT2D eigenvalue weighted by Gasteiger charge is -2.29. The van der Waals surface area contributed by atoms with E-state index in [0.29, 0.717) is 75.9 Å². The highest BCUT2D eigenvalue weighted by Gasteiger charge is 2.39. The van der Waals surface area contributed by atoms with Gasteiger partial charge < -0.3 is 30.3 Å². The SMILES string of the molecule is O=C1CCC(N2Cc3cc(NC(=O)CCOCCOCCNCC4CCC(n5cc(-c6ccc(Nc7ncc8c(n7)-c7ccc(Cl)cc7C(c7c(F)cccc7F)=NC8)cc6)nn5)CC4)ccc3C2=O)C(=O)N1. The maximum absolute atomic E-state index is 15.0. The summed E-state index contributed by atoms with van der Waals surface area (Å²) >= 11 is 6.38. The predicted octanol–water partition coefficient (Wildman–Crippen LogP) is 7.57. The number of hydrogen-bond donors (Lipinski definition) is 4. The van der Waals surface area contributed by atoms with E-state index in [1.165, 1.54) is 23.1 Å². The average Bonchev–Trinajstić information content (AvgIpc) is 3.97. The number of benzene rings is 4. The number of imide groups is 1. The maximum atomic E-state index is 15.0. The van der Waals surface area contributed by atoms with Crippen LogP contribution in [-0.4, -0.2) is 105 Å². The fraction of sp³-hybridized carbons (Fsp3) is 0.340. The summed E-state index contributed by atoms with van der Waals surface area (Å²) in [6.45, 7) is 3.56. The highest BCUT2D eigenvalue weighted by Crippen LogP contribution is 2.36. The fourth-order valence-corrected chi connectivity index (χ4v) is 9.96. The summed E-state index contributed by atoms with van der Waals surface area (Å²) in [6, 6.07) is 21.3. The third-order valence-corrected chi connectivity index (χ3v) is 13.8. The summed E-state index contributed by atoms with van der Waals surface area (Å²) in [5.74, 6) is -1.81. The molecule has 4 aliphatic rings. The van der Waals surface area contributed by atoms with E-state index < -0.39 is 23.6 Å². The standard InChI is InChI=1S/C53H52ClF2N11O6/c54-35-8-14-40-41(25-35)50(48-42(55)2-1-3-43(48)56)58-27-34-28-59-53(63-49(34)40)61-36-9-6-32(7-10-36)44-30-67(65-64-44)38-12-4-31(5-13-38)26-57-19-21-73-23-22-72-20-18-47(69)60-37-11-15-39-33(24-37)29-66(52(39)71)45-16-17-46(68)62-51(45)70/h1-3,6-11,14-15,24-25,28,30-31,38,45,57H,4-5,12-13,16-23,26-27,29H2,(H,60,69)(H,59,61,63)(H,62,68,70). The second-order valence-corrected chi connectivity index (χ2v) is 18.9. The summed E-state index contributed by atoms with van der Waals surface area (Å²) in [6.07, 6.45) is 8.48. The first-order valence-corrected chi connectivity index (χ1v) is 24.8. The van der Waals surface area contributed by atoms with Gasteiger partial charge in [0.25, 0.3) is 5.91 Å². The summed E-state index contributed by atoms with van der Waals surface area (Å²) < 4.78 is 43.3. The van der Waals surface area contributed by atoms with Gasteiger partial charge in [-0.15, -0.1) is 5.10 Å². The lowest BCUT2D eigenvalue weighted by atomic mass is 9.86. The van der Waals surface area contributed by atoms with Gasteiger partial charge in [0, 0.05) is 69.9 Å². The van der Waals surface area contributed by atoms with Crippen LogP contribution in [0.4, 0.5) is 26.1 Å². The number of nitrogens with zero attached hydrogens (tertiary/aromatic N) is 7. The van der Waals surface area contributed by atoms with Crippen molar-refractivity contribution in [2.24, 2.45) is 10.9 Å². The second kappa shape index (κ2) is 22.2. The minimum Gasteiger partial charge on any atom is -0.379 e. The zero-order valence-corrected chi connectivity index (χ0v) is 40.5. The number of amides is 4. The third kappa shape index (κ3) is 11.3. The number of aliphatic imine (C=N–C) groups is 1. The van der Waals surface area contributed by atoms with Gasteiger partial charge in [-0.3, -0.25) is 29.5 Å². The first kappa shape index (κ1) is 49.3. The molecule has 6 aromatic rings. The molecule has 10 rings (SSSR count). The lowest BCUT2D eigenvalue weighted by Crippen LogP contribution is -2.52. The van der Waals surface area contributed by atoms with E-state index >= 15 is 0 Å². The number of nitrogens with one attached hydrogen (secondary N) is 4. The van der Waals surface area contributed by atoms with Gasteiger partial charge in [0.1, 0.15) is 23.4 Å². The number of aromatic nitrogens is 5. The van der Waals surface area contributed by atoms with E-state index in [9.17, 15) is 28.0 Å². The Hall–Kier alpha value is -7.32. The van der Waals surface area contributed by atoms with Gasteiger partial charge in [-0.05, 0) is 105 Å². The topological polar surface area (TPSA) is 207 Å². The molecule has 0 spiro atoms. The first-order chi connectivity index (χ1) is 35.5. The molecule has 2 fully saturated rings. The van der Waals surface area contributed by atoms with Crippen molar-refractivity contribution in [3.05, 3.63) is 136 Å². The van der Waals surface area contributed by atoms with Gasteiger partial charge in [-0.1, -0.05) is 41.1 Å². The van der Waals surface area contributed by atoms with Gasteiger partial charge in [0.05, 0.1) is 68.6 Å². The van der Waals surface area contributed by atoms with E-state index in [1.807, 2.05) is 35.1 Å². The predicted molar refractivity (Wildman–Crippen MR) is 268 cm³/mol.